The van der Waals surface area contributed by atoms with Gasteiger partial charge in [0.05, 0.1) is 5.69 Å². The van der Waals surface area contributed by atoms with Crippen LogP contribution in [-0.2, 0) is 6.54 Å². The number of benzene rings is 2. The van der Waals surface area contributed by atoms with E-state index in [1.165, 1.54) is 6.42 Å². The molecule has 4 nitrogen and oxygen atoms in total. The normalized spacial score (nSPS) is 14.5. The molecule has 4 rings (SSSR count). The number of halogens is 2. The summed E-state index contributed by atoms with van der Waals surface area (Å²) in [4.78, 5) is 13.3. The molecule has 2 heterocycles. The van der Waals surface area contributed by atoms with Gasteiger partial charge in [0.1, 0.15) is 5.69 Å². The van der Waals surface area contributed by atoms with Crippen LogP contribution in [0.15, 0.2) is 54.6 Å². The largest absolute Gasteiger partial charge is 0.336 e. The first-order valence-electron chi connectivity index (χ1n) is 10.9. The van der Waals surface area contributed by atoms with Crippen LogP contribution in [-0.4, -0.2) is 28.6 Å². The molecule has 0 spiro atoms. The first kappa shape index (κ1) is 21.9. The average Bonchev–Trinajstić information content (AvgIpc) is 3.15. The third-order valence-electron chi connectivity index (χ3n) is 5.67. The van der Waals surface area contributed by atoms with Gasteiger partial charge in [-0.05, 0) is 49.1 Å². The zero-order valence-electron chi connectivity index (χ0n) is 17.7. The van der Waals surface area contributed by atoms with E-state index < -0.39 is 0 Å². The Balaban J connectivity index is 1.85. The molecule has 162 valence electrons. The molecule has 1 N–H and O–H groups in total. The number of nitrogens with zero attached hydrogens (tertiary/aromatic N) is 2. The van der Waals surface area contributed by atoms with E-state index in [9.17, 15) is 4.79 Å². The van der Waals surface area contributed by atoms with Gasteiger partial charge in [-0.2, -0.15) is 0 Å². The number of hydrogen-bond donors (Lipinski definition) is 1. The molecule has 0 radical (unpaired) electrons. The Hall–Kier alpha value is -2.27. The lowest BCUT2D eigenvalue weighted by molar-refractivity contribution is 0.0740. The van der Waals surface area contributed by atoms with Gasteiger partial charge in [0.2, 0.25) is 0 Å². The first-order chi connectivity index (χ1) is 15.1. The van der Waals surface area contributed by atoms with Crippen molar-refractivity contribution in [1.82, 2.24) is 15.0 Å². The molecular weight excluding hydrogens is 429 g/mol. The maximum Gasteiger partial charge on any atom is 0.282 e. The van der Waals surface area contributed by atoms with Crippen molar-refractivity contribution in [2.75, 3.05) is 13.1 Å². The van der Waals surface area contributed by atoms with Crippen LogP contribution in [0.3, 0.4) is 0 Å². The lowest BCUT2D eigenvalue weighted by Gasteiger charge is -2.27. The Morgan fingerprint density at radius 2 is 1.68 bits per heavy atom. The van der Waals surface area contributed by atoms with Gasteiger partial charge >= 0.3 is 0 Å². The van der Waals surface area contributed by atoms with Crippen LogP contribution < -0.4 is 5.43 Å². The van der Waals surface area contributed by atoms with E-state index in [-0.39, 0.29) is 5.91 Å². The fraction of sp³-hybridized carbons (Fsp3) is 0.320. The number of hydrogen-bond acceptors (Lipinski definition) is 2. The van der Waals surface area contributed by atoms with Gasteiger partial charge in [0, 0.05) is 40.8 Å². The maximum atomic E-state index is 13.3. The zero-order valence-corrected chi connectivity index (χ0v) is 19.2. The Kier molecular flexibility index (Phi) is 7.01. The second-order valence-electron chi connectivity index (χ2n) is 7.92. The highest BCUT2D eigenvalue weighted by atomic mass is 35.5. The SMILES string of the molecule is CCCn1c(C(=O)NN2CCCCC2)cc(-c2ccccc2Cl)c1-c1ccc(Cl)cc1. The van der Waals surface area contributed by atoms with E-state index >= 15 is 0 Å². The molecule has 3 aromatic rings. The van der Waals surface area contributed by atoms with E-state index in [0.29, 0.717) is 15.7 Å². The smallest absolute Gasteiger partial charge is 0.282 e. The number of carbonyl (C=O) groups excluding carboxylic acids is 1. The van der Waals surface area contributed by atoms with Crippen LogP contribution in [0.5, 0.6) is 0 Å². The fourth-order valence-corrected chi connectivity index (χ4v) is 4.57. The minimum absolute atomic E-state index is 0.0798. The van der Waals surface area contributed by atoms with Gasteiger partial charge in [-0.1, -0.05) is 66.9 Å². The molecule has 1 fully saturated rings. The highest BCUT2D eigenvalue weighted by molar-refractivity contribution is 6.33. The number of rotatable bonds is 6. The van der Waals surface area contributed by atoms with Crippen LogP contribution in [0, 0.1) is 0 Å². The second-order valence-corrected chi connectivity index (χ2v) is 8.76. The predicted octanol–water partition coefficient (Wildman–Crippen LogP) is 6.67. The predicted molar refractivity (Wildman–Crippen MR) is 129 cm³/mol. The van der Waals surface area contributed by atoms with Crippen molar-refractivity contribution in [1.29, 1.82) is 0 Å². The molecule has 6 heteroatoms. The minimum atomic E-state index is -0.0798. The first-order valence-corrected chi connectivity index (χ1v) is 11.6. The molecular formula is C25H27Cl2N3O. The van der Waals surface area contributed by atoms with Gasteiger partial charge < -0.3 is 4.57 Å². The lowest BCUT2D eigenvalue weighted by atomic mass is 10.0. The quantitative estimate of drug-likeness (QED) is 0.450. The van der Waals surface area contributed by atoms with Crippen LogP contribution in [0.2, 0.25) is 10.0 Å². The summed E-state index contributed by atoms with van der Waals surface area (Å²) in [6.07, 6.45) is 4.34. The third-order valence-corrected chi connectivity index (χ3v) is 6.26. The number of carbonyl (C=O) groups is 1. The van der Waals surface area contributed by atoms with Gasteiger partial charge in [-0.25, -0.2) is 5.01 Å². The van der Waals surface area contributed by atoms with Gasteiger partial charge in [-0.3, -0.25) is 10.2 Å². The summed E-state index contributed by atoms with van der Waals surface area (Å²) < 4.78 is 2.11. The highest BCUT2D eigenvalue weighted by Crippen LogP contribution is 2.39. The van der Waals surface area contributed by atoms with Gasteiger partial charge in [-0.15, -0.1) is 0 Å². The van der Waals surface area contributed by atoms with Crippen molar-refractivity contribution in [3.63, 3.8) is 0 Å². The number of hydrazine groups is 1. The van der Waals surface area contributed by atoms with Crippen LogP contribution in [0.4, 0.5) is 0 Å². The van der Waals surface area contributed by atoms with E-state index in [4.69, 9.17) is 23.2 Å². The van der Waals surface area contributed by atoms with Gasteiger partial charge in [0.15, 0.2) is 0 Å². The molecule has 0 saturated carbocycles. The monoisotopic (exact) mass is 455 g/mol. The Morgan fingerprint density at radius 1 is 0.968 bits per heavy atom. The number of nitrogens with one attached hydrogen (secondary N) is 1. The van der Waals surface area contributed by atoms with E-state index in [1.807, 2.05) is 59.6 Å². The molecule has 0 bridgehead atoms. The Morgan fingerprint density at radius 3 is 2.35 bits per heavy atom. The number of piperidine rings is 1. The maximum absolute atomic E-state index is 13.3. The number of amides is 1. The van der Waals surface area contributed by atoms with Crippen molar-refractivity contribution in [2.24, 2.45) is 0 Å². The van der Waals surface area contributed by atoms with E-state index in [0.717, 1.165) is 61.3 Å². The van der Waals surface area contributed by atoms with Crippen LogP contribution in [0.1, 0.15) is 43.1 Å². The summed E-state index contributed by atoms with van der Waals surface area (Å²) in [5.41, 5.74) is 7.61. The summed E-state index contributed by atoms with van der Waals surface area (Å²) in [6, 6.07) is 17.5. The summed E-state index contributed by atoms with van der Waals surface area (Å²) in [6.45, 7) is 4.63. The van der Waals surface area contributed by atoms with E-state index in [1.54, 1.807) is 0 Å². The van der Waals surface area contributed by atoms with Crippen molar-refractivity contribution in [3.05, 3.63) is 70.3 Å². The summed E-state index contributed by atoms with van der Waals surface area (Å²) in [7, 11) is 0. The van der Waals surface area contributed by atoms with Crippen molar-refractivity contribution >= 4 is 29.1 Å². The molecule has 1 saturated heterocycles. The molecule has 1 aliphatic rings. The van der Waals surface area contributed by atoms with Crippen molar-refractivity contribution in [2.45, 2.75) is 39.2 Å². The van der Waals surface area contributed by atoms with Crippen molar-refractivity contribution in [3.8, 4) is 22.4 Å². The fourth-order valence-electron chi connectivity index (χ4n) is 4.20. The molecule has 0 atom stereocenters. The summed E-state index contributed by atoms with van der Waals surface area (Å²) >= 11 is 12.7. The van der Waals surface area contributed by atoms with Crippen molar-refractivity contribution < 1.29 is 4.79 Å². The van der Waals surface area contributed by atoms with Crippen LogP contribution >= 0.6 is 23.2 Å². The number of aromatic nitrogens is 1. The third kappa shape index (κ3) is 4.82. The zero-order chi connectivity index (χ0) is 21.8. The van der Waals surface area contributed by atoms with E-state index in [2.05, 4.69) is 16.9 Å². The minimum Gasteiger partial charge on any atom is -0.336 e. The molecule has 1 aliphatic heterocycles. The molecule has 31 heavy (non-hydrogen) atoms. The molecule has 2 aromatic carbocycles. The second kappa shape index (κ2) is 9.90. The van der Waals surface area contributed by atoms with Crippen LogP contribution in [0.25, 0.3) is 22.4 Å². The molecule has 1 aromatic heterocycles. The highest BCUT2D eigenvalue weighted by Gasteiger charge is 2.24. The summed E-state index contributed by atoms with van der Waals surface area (Å²) in [5.74, 6) is -0.0798. The molecule has 0 unspecified atom stereocenters. The Labute approximate surface area is 193 Å². The molecule has 0 aliphatic carbocycles. The topological polar surface area (TPSA) is 37.3 Å². The Bertz CT molecular complexity index is 1050. The lowest BCUT2D eigenvalue weighted by Crippen LogP contribution is -2.45. The standard InChI is InChI=1S/C25H27Cl2N3O/c1-2-14-30-23(25(31)28-29-15-6-3-7-16-29)17-21(20-8-4-5-9-22(20)27)24(30)18-10-12-19(26)13-11-18/h4-5,8-13,17H,2-3,6-7,14-16H2,1H3,(H,28,31). The average molecular weight is 456 g/mol. The van der Waals surface area contributed by atoms with Gasteiger partial charge in [0.25, 0.3) is 5.91 Å². The molecule has 1 amide bonds. The summed E-state index contributed by atoms with van der Waals surface area (Å²) in [5, 5.41) is 3.38.